The number of rotatable bonds is 8. The number of hydrogen-bond donors (Lipinski definition) is 0. The van der Waals surface area contributed by atoms with Crippen molar-refractivity contribution < 1.29 is 14.3 Å². The van der Waals surface area contributed by atoms with Crippen molar-refractivity contribution in [2.75, 3.05) is 26.3 Å². The van der Waals surface area contributed by atoms with Crippen molar-refractivity contribution in [1.82, 2.24) is 14.9 Å². The van der Waals surface area contributed by atoms with Gasteiger partial charge in [0.2, 0.25) is 0 Å². The summed E-state index contributed by atoms with van der Waals surface area (Å²) in [6.07, 6.45) is 6.43. The van der Waals surface area contributed by atoms with Crippen LogP contribution in [0.25, 0.3) is 0 Å². The molecule has 2 heterocycles. The van der Waals surface area contributed by atoms with E-state index in [2.05, 4.69) is 4.98 Å². The maximum atomic E-state index is 13.3. The molecule has 0 spiro atoms. The summed E-state index contributed by atoms with van der Waals surface area (Å²) in [6.45, 7) is 7.17. The Morgan fingerprint density at radius 3 is 2.87 bits per heavy atom. The summed E-state index contributed by atoms with van der Waals surface area (Å²) in [5, 5.41) is 0. The lowest BCUT2D eigenvalue weighted by Crippen LogP contribution is -2.39. The number of hydrogen-bond acceptors (Lipinski definition) is 5. The summed E-state index contributed by atoms with van der Waals surface area (Å²) in [6, 6.07) is 7.50. The molecule has 160 valence electrons. The fraction of sp³-hybridized carbons (Fsp3) is 0.542. The molecule has 0 N–H and O–H groups in total. The number of aryl methyl sites for hydroxylation is 1. The number of likely N-dealkylation sites (tertiary alicyclic amines) is 1. The minimum atomic E-state index is 0.0288. The molecule has 1 aliphatic heterocycles. The van der Waals surface area contributed by atoms with E-state index >= 15 is 0 Å². The highest BCUT2D eigenvalue weighted by Gasteiger charge is 2.29. The minimum Gasteiger partial charge on any atom is -0.493 e. The molecule has 0 bridgehead atoms. The zero-order valence-corrected chi connectivity index (χ0v) is 18.0. The normalized spacial score (nSPS) is 19.0. The van der Waals surface area contributed by atoms with Crippen molar-refractivity contribution in [2.24, 2.45) is 5.92 Å². The van der Waals surface area contributed by atoms with Crippen LogP contribution in [-0.4, -0.2) is 47.1 Å². The Balaban J connectivity index is 1.49. The van der Waals surface area contributed by atoms with E-state index in [1.165, 1.54) is 12.8 Å². The largest absolute Gasteiger partial charge is 0.493 e. The SMILES string of the molecule is CCOc1ccccc1C(=O)N1CCCC(c2nc(C)ncc2COCC2CC2)C1. The minimum absolute atomic E-state index is 0.0288. The fourth-order valence-corrected chi connectivity index (χ4v) is 4.08. The molecule has 1 aliphatic carbocycles. The summed E-state index contributed by atoms with van der Waals surface area (Å²) in [5.41, 5.74) is 2.72. The van der Waals surface area contributed by atoms with Crippen LogP contribution >= 0.6 is 0 Å². The van der Waals surface area contributed by atoms with Gasteiger partial charge in [-0.2, -0.15) is 0 Å². The second kappa shape index (κ2) is 9.56. The van der Waals surface area contributed by atoms with Gasteiger partial charge in [-0.05, 0) is 57.6 Å². The summed E-state index contributed by atoms with van der Waals surface area (Å²) < 4.78 is 11.6. The van der Waals surface area contributed by atoms with Gasteiger partial charge < -0.3 is 14.4 Å². The zero-order chi connectivity index (χ0) is 20.9. The first-order valence-corrected chi connectivity index (χ1v) is 11.1. The van der Waals surface area contributed by atoms with Gasteiger partial charge in [-0.15, -0.1) is 0 Å². The van der Waals surface area contributed by atoms with Crippen LogP contribution in [0.1, 0.15) is 66.0 Å². The van der Waals surface area contributed by atoms with E-state index in [-0.39, 0.29) is 11.8 Å². The van der Waals surface area contributed by atoms with E-state index in [1.54, 1.807) is 0 Å². The van der Waals surface area contributed by atoms with Gasteiger partial charge in [-0.3, -0.25) is 4.79 Å². The molecular weight excluding hydrogens is 378 g/mol. The number of benzene rings is 1. The van der Waals surface area contributed by atoms with Crippen LogP contribution in [0, 0.1) is 12.8 Å². The number of para-hydroxylation sites is 1. The first-order chi connectivity index (χ1) is 14.7. The van der Waals surface area contributed by atoms with Gasteiger partial charge in [0, 0.05) is 37.4 Å². The first kappa shape index (κ1) is 20.8. The van der Waals surface area contributed by atoms with Crippen LogP contribution in [0.2, 0.25) is 0 Å². The molecule has 2 aliphatic rings. The topological polar surface area (TPSA) is 64.5 Å². The molecule has 6 nitrogen and oxygen atoms in total. The number of piperidine rings is 1. The van der Waals surface area contributed by atoms with Crippen molar-refractivity contribution >= 4 is 5.91 Å². The number of carbonyl (C=O) groups is 1. The Morgan fingerprint density at radius 1 is 1.23 bits per heavy atom. The average molecular weight is 410 g/mol. The Kier molecular flexibility index (Phi) is 6.62. The van der Waals surface area contributed by atoms with Gasteiger partial charge >= 0.3 is 0 Å². The molecule has 2 fully saturated rings. The van der Waals surface area contributed by atoms with E-state index in [1.807, 2.05) is 49.2 Å². The smallest absolute Gasteiger partial charge is 0.257 e. The van der Waals surface area contributed by atoms with Gasteiger partial charge in [0.1, 0.15) is 11.6 Å². The van der Waals surface area contributed by atoms with Crippen molar-refractivity contribution in [1.29, 1.82) is 0 Å². The third-order valence-corrected chi connectivity index (χ3v) is 5.84. The summed E-state index contributed by atoms with van der Waals surface area (Å²) in [5.74, 6) is 2.37. The van der Waals surface area contributed by atoms with Gasteiger partial charge in [-0.1, -0.05) is 12.1 Å². The molecule has 0 radical (unpaired) electrons. The van der Waals surface area contributed by atoms with Crippen molar-refractivity contribution in [3.05, 3.63) is 53.1 Å². The van der Waals surface area contributed by atoms with Crippen molar-refractivity contribution in [3.63, 3.8) is 0 Å². The number of aromatic nitrogens is 2. The average Bonchev–Trinajstić information content (AvgIpc) is 3.59. The third-order valence-electron chi connectivity index (χ3n) is 5.84. The number of nitrogens with zero attached hydrogens (tertiary/aromatic N) is 3. The van der Waals surface area contributed by atoms with E-state index in [0.717, 1.165) is 49.0 Å². The fourth-order valence-electron chi connectivity index (χ4n) is 4.08. The van der Waals surface area contributed by atoms with E-state index in [0.29, 0.717) is 31.1 Å². The molecule has 1 saturated carbocycles. The highest BCUT2D eigenvalue weighted by Crippen LogP contribution is 2.32. The number of amides is 1. The van der Waals surface area contributed by atoms with E-state index in [9.17, 15) is 4.79 Å². The highest BCUT2D eigenvalue weighted by atomic mass is 16.5. The third kappa shape index (κ3) is 4.98. The first-order valence-electron chi connectivity index (χ1n) is 11.1. The maximum Gasteiger partial charge on any atom is 0.257 e. The van der Waals surface area contributed by atoms with Crippen LogP contribution in [0.15, 0.2) is 30.5 Å². The van der Waals surface area contributed by atoms with Gasteiger partial charge in [0.15, 0.2) is 0 Å². The lowest BCUT2D eigenvalue weighted by Gasteiger charge is -2.33. The molecule has 4 rings (SSSR count). The van der Waals surface area contributed by atoms with E-state index in [4.69, 9.17) is 14.5 Å². The number of carbonyl (C=O) groups excluding carboxylic acids is 1. The Hall–Kier alpha value is -2.47. The Labute approximate surface area is 178 Å². The second-order valence-electron chi connectivity index (χ2n) is 8.31. The van der Waals surface area contributed by atoms with Crippen molar-refractivity contribution in [3.8, 4) is 5.75 Å². The molecular formula is C24H31N3O3. The van der Waals surface area contributed by atoms with Crippen LogP contribution in [0.5, 0.6) is 5.75 Å². The predicted octanol–water partition coefficient (Wildman–Crippen LogP) is 4.13. The molecule has 1 amide bonds. The molecule has 1 unspecified atom stereocenters. The molecule has 1 saturated heterocycles. The summed E-state index contributed by atoms with van der Waals surface area (Å²) in [4.78, 5) is 24.4. The maximum absolute atomic E-state index is 13.3. The quantitative estimate of drug-likeness (QED) is 0.656. The lowest BCUT2D eigenvalue weighted by atomic mass is 9.91. The van der Waals surface area contributed by atoms with E-state index < -0.39 is 0 Å². The van der Waals surface area contributed by atoms with Crippen molar-refractivity contribution in [2.45, 2.75) is 52.1 Å². The molecule has 6 heteroatoms. The monoisotopic (exact) mass is 409 g/mol. The Morgan fingerprint density at radius 2 is 2.07 bits per heavy atom. The predicted molar refractivity (Wildman–Crippen MR) is 115 cm³/mol. The van der Waals surface area contributed by atoms with Gasteiger partial charge in [0.05, 0.1) is 24.5 Å². The molecule has 2 aromatic rings. The number of ether oxygens (including phenoxy) is 2. The molecule has 1 atom stereocenters. The molecule has 1 aromatic carbocycles. The standard InChI is InChI=1S/C24H31N3O3/c1-3-30-22-9-5-4-8-21(22)24(28)27-12-6-7-19(14-27)23-20(13-25-17(2)26-23)16-29-15-18-10-11-18/h4-5,8-9,13,18-19H,3,6-7,10-12,14-16H2,1-2H3. The van der Waals surface area contributed by atoms with Gasteiger partial charge in [0.25, 0.3) is 5.91 Å². The second-order valence-corrected chi connectivity index (χ2v) is 8.31. The lowest BCUT2D eigenvalue weighted by molar-refractivity contribution is 0.0699. The highest BCUT2D eigenvalue weighted by molar-refractivity contribution is 5.97. The van der Waals surface area contributed by atoms with Crippen LogP contribution in [0.4, 0.5) is 0 Å². The van der Waals surface area contributed by atoms with Crippen LogP contribution < -0.4 is 4.74 Å². The van der Waals surface area contributed by atoms with Crippen LogP contribution in [0.3, 0.4) is 0 Å². The molecule has 30 heavy (non-hydrogen) atoms. The molecule has 1 aromatic heterocycles. The van der Waals surface area contributed by atoms with Gasteiger partial charge in [-0.25, -0.2) is 9.97 Å². The summed E-state index contributed by atoms with van der Waals surface area (Å²) >= 11 is 0. The Bertz CT molecular complexity index is 882. The zero-order valence-electron chi connectivity index (χ0n) is 18.0. The summed E-state index contributed by atoms with van der Waals surface area (Å²) in [7, 11) is 0. The van der Waals surface area contributed by atoms with Crippen LogP contribution in [-0.2, 0) is 11.3 Å².